The van der Waals surface area contributed by atoms with Crippen LogP contribution in [-0.2, 0) is 19.2 Å². The van der Waals surface area contributed by atoms with Crippen molar-refractivity contribution in [2.75, 3.05) is 18.9 Å². The Kier molecular flexibility index (Phi) is 9.13. The van der Waals surface area contributed by atoms with Crippen molar-refractivity contribution >= 4 is 36.3 Å². The highest BCUT2D eigenvalue weighted by Gasteiger charge is 2.25. The summed E-state index contributed by atoms with van der Waals surface area (Å²) in [6, 6.07) is -3.27. The molecule has 0 rings (SSSR count). The van der Waals surface area contributed by atoms with E-state index in [0.29, 0.717) is 0 Å². The van der Waals surface area contributed by atoms with E-state index in [1.165, 1.54) is 6.92 Å². The van der Waals surface area contributed by atoms with E-state index in [9.17, 15) is 19.2 Å². The van der Waals surface area contributed by atoms with Crippen molar-refractivity contribution in [2.24, 2.45) is 5.73 Å². The largest absolute Gasteiger partial charge is 0.480 e. The molecule has 3 atom stereocenters. The number of aliphatic hydroxyl groups is 1. The lowest BCUT2D eigenvalue weighted by Crippen LogP contribution is -2.56. The molecule has 11 heteroatoms. The molecular weight excluding hydrogens is 316 g/mol. The molecule has 0 fully saturated rings. The molecule has 3 unspecified atom stereocenters. The number of thiol groups is 1. The Morgan fingerprint density at radius 2 is 1.73 bits per heavy atom. The molecule has 0 saturated carbocycles. The Morgan fingerprint density at radius 1 is 1.14 bits per heavy atom. The van der Waals surface area contributed by atoms with Crippen LogP contribution in [0.1, 0.15) is 6.92 Å². The van der Waals surface area contributed by atoms with E-state index in [0.717, 1.165) is 0 Å². The fourth-order valence-corrected chi connectivity index (χ4v) is 1.42. The predicted molar refractivity (Wildman–Crippen MR) is 79.1 cm³/mol. The van der Waals surface area contributed by atoms with E-state index in [1.807, 2.05) is 0 Å². The van der Waals surface area contributed by atoms with Crippen molar-refractivity contribution in [2.45, 2.75) is 25.0 Å². The van der Waals surface area contributed by atoms with Crippen LogP contribution < -0.4 is 21.7 Å². The zero-order valence-electron chi connectivity index (χ0n) is 11.9. The van der Waals surface area contributed by atoms with E-state index >= 15 is 0 Å². The highest BCUT2D eigenvalue weighted by atomic mass is 32.1. The lowest BCUT2D eigenvalue weighted by Gasteiger charge is -2.20. The van der Waals surface area contributed by atoms with E-state index in [4.69, 9.17) is 15.9 Å². The molecule has 0 heterocycles. The summed E-state index contributed by atoms with van der Waals surface area (Å²) in [5, 5.41) is 24.1. The molecule has 0 aliphatic heterocycles. The van der Waals surface area contributed by atoms with E-state index in [2.05, 4.69) is 28.6 Å². The summed E-state index contributed by atoms with van der Waals surface area (Å²) in [6.07, 6.45) is 0. The third-order valence-corrected chi connectivity index (χ3v) is 2.91. The third kappa shape index (κ3) is 7.24. The summed E-state index contributed by atoms with van der Waals surface area (Å²) in [4.78, 5) is 45.2. The average molecular weight is 336 g/mol. The zero-order valence-corrected chi connectivity index (χ0v) is 12.8. The Hall–Kier alpha value is -1.85. The minimum absolute atomic E-state index is 0.0552. The first-order valence-corrected chi connectivity index (χ1v) is 6.93. The predicted octanol–water partition coefficient (Wildman–Crippen LogP) is -3.57. The van der Waals surface area contributed by atoms with Gasteiger partial charge in [0.1, 0.15) is 18.6 Å². The van der Waals surface area contributed by atoms with Crippen molar-refractivity contribution in [1.82, 2.24) is 16.0 Å². The van der Waals surface area contributed by atoms with Crippen molar-refractivity contribution < 1.29 is 29.4 Å². The van der Waals surface area contributed by atoms with E-state index < -0.39 is 55.0 Å². The molecule has 7 N–H and O–H groups in total. The van der Waals surface area contributed by atoms with Gasteiger partial charge in [-0.2, -0.15) is 12.6 Å². The number of hydrogen-bond donors (Lipinski definition) is 7. The zero-order chi connectivity index (χ0) is 17.3. The Bertz CT molecular complexity index is 433. The first-order chi connectivity index (χ1) is 10.2. The maximum absolute atomic E-state index is 11.8. The number of nitrogens with two attached hydrogens (primary N) is 1. The van der Waals surface area contributed by atoms with Crippen molar-refractivity contribution in [1.29, 1.82) is 0 Å². The molecule has 0 saturated heterocycles. The summed E-state index contributed by atoms with van der Waals surface area (Å²) >= 11 is 3.83. The van der Waals surface area contributed by atoms with Crippen LogP contribution in [0.15, 0.2) is 0 Å². The van der Waals surface area contributed by atoms with E-state index in [-0.39, 0.29) is 5.75 Å². The summed E-state index contributed by atoms with van der Waals surface area (Å²) in [7, 11) is 0. The van der Waals surface area contributed by atoms with Crippen molar-refractivity contribution in [3.63, 3.8) is 0 Å². The molecule has 0 aromatic rings. The second-order valence-corrected chi connectivity index (χ2v) is 4.74. The molecule has 0 aliphatic rings. The Labute approximate surface area is 132 Å². The Balaban J connectivity index is 4.49. The number of carbonyl (C=O) groups is 4. The normalized spacial score (nSPS) is 14.4. The number of rotatable bonds is 9. The van der Waals surface area contributed by atoms with Gasteiger partial charge in [-0.3, -0.25) is 19.2 Å². The molecule has 22 heavy (non-hydrogen) atoms. The molecule has 0 aliphatic carbocycles. The van der Waals surface area contributed by atoms with Crippen LogP contribution in [-0.4, -0.2) is 70.9 Å². The van der Waals surface area contributed by atoms with Crippen molar-refractivity contribution in [3.8, 4) is 0 Å². The van der Waals surface area contributed by atoms with Crippen LogP contribution in [0.2, 0.25) is 0 Å². The fourth-order valence-electron chi connectivity index (χ4n) is 1.25. The number of carboxylic acids is 1. The number of nitrogens with one attached hydrogen (secondary N) is 3. The number of hydrogen-bond acceptors (Lipinski definition) is 7. The topological polar surface area (TPSA) is 171 Å². The lowest BCUT2D eigenvalue weighted by molar-refractivity contribution is -0.138. The SMILES string of the molecule is CC(NC(=O)C(CO)NC(=O)C(N)CS)C(=O)NCC(=O)O. The van der Waals surface area contributed by atoms with Crippen molar-refractivity contribution in [3.05, 3.63) is 0 Å². The van der Waals surface area contributed by atoms with E-state index in [1.54, 1.807) is 0 Å². The van der Waals surface area contributed by atoms with Gasteiger partial charge >= 0.3 is 5.97 Å². The fraction of sp³-hybridized carbons (Fsp3) is 0.636. The minimum atomic E-state index is -1.28. The first-order valence-electron chi connectivity index (χ1n) is 6.30. The van der Waals surface area contributed by atoms with Gasteiger partial charge in [0, 0.05) is 5.75 Å². The van der Waals surface area contributed by atoms with Crippen LogP contribution in [0.4, 0.5) is 0 Å². The summed E-state index contributed by atoms with van der Waals surface area (Å²) in [5.74, 6) is -3.37. The van der Waals surface area contributed by atoms with Gasteiger partial charge in [0.15, 0.2) is 0 Å². The molecule has 0 aromatic heterocycles. The second kappa shape index (κ2) is 9.97. The molecule has 3 amide bonds. The molecule has 0 radical (unpaired) electrons. The molecule has 126 valence electrons. The van der Waals surface area contributed by atoms with Crippen LogP contribution >= 0.6 is 12.6 Å². The summed E-state index contributed by atoms with van der Waals surface area (Å²) in [6.45, 7) is 0.0428. The molecule has 0 bridgehead atoms. The average Bonchev–Trinajstić information content (AvgIpc) is 2.48. The number of carbonyl (C=O) groups excluding carboxylic acids is 3. The highest BCUT2D eigenvalue weighted by molar-refractivity contribution is 7.80. The lowest BCUT2D eigenvalue weighted by atomic mass is 10.2. The second-order valence-electron chi connectivity index (χ2n) is 4.37. The third-order valence-electron chi connectivity index (χ3n) is 2.51. The van der Waals surface area contributed by atoms with Gasteiger partial charge in [-0.25, -0.2) is 0 Å². The molecule has 0 spiro atoms. The van der Waals surface area contributed by atoms with Gasteiger partial charge < -0.3 is 31.9 Å². The Morgan fingerprint density at radius 3 is 2.18 bits per heavy atom. The van der Waals surface area contributed by atoms with Crippen LogP contribution in [0, 0.1) is 0 Å². The van der Waals surface area contributed by atoms with Gasteiger partial charge in [-0.15, -0.1) is 0 Å². The molecule has 0 aromatic carbocycles. The quantitative estimate of drug-likeness (QED) is 0.213. The van der Waals surface area contributed by atoms with Crippen LogP contribution in [0.3, 0.4) is 0 Å². The number of carboxylic acid groups (broad SMARTS) is 1. The minimum Gasteiger partial charge on any atom is -0.480 e. The smallest absolute Gasteiger partial charge is 0.322 e. The highest BCUT2D eigenvalue weighted by Crippen LogP contribution is 1.91. The molecule has 10 nitrogen and oxygen atoms in total. The molecular formula is C11H20N4O6S. The maximum atomic E-state index is 11.8. The monoisotopic (exact) mass is 336 g/mol. The van der Waals surface area contributed by atoms with Gasteiger partial charge in [-0.1, -0.05) is 0 Å². The van der Waals surface area contributed by atoms with Gasteiger partial charge in [-0.05, 0) is 6.92 Å². The number of aliphatic hydroxyl groups excluding tert-OH is 1. The number of aliphatic carboxylic acids is 1. The summed E-state index contributed by atoms with van der Waals surface area (Å²) < 4.78 is 0. The first kappa shape index (κ1) is 20.1. The van der Waals surface area contributed by atoms with Crippen LogP contribution in [0.25, 0.3) is 0 Å². The van der Waals surface area contributed by atoms with Gasteiger partial charge in [0.05, 0.1) is 12.6 Å². The van der Waals surface area contributed by atoms with Gasteiger partial charge in [0.2, 0.25) is 17.7 Å². The number of amides is 3. The maximum Gasteiger partial charge on any atom is 0.322 e. The summed E-state index contributed by atoms with van der Waals surface area (Å²) in [5.41, 5.74) is 5.42. The van der Waals surface area contributed by atoms with Gasteiger partial charge in [0.25, 0.3) is 0 Å². The standard InChI is InChI=1S/C11H20N4O6S/c1-5(9(19)13-2-8(17)18)14-11(21)7(3-16)15-10(20)6(12)4-22/h5-7,16,22H,2-4,12H2,1H3,(H,13,19)(H,14,21)(H,15,20)(H,17,18). The van der Waals surface area contributed by atoms with Crippen LogP contribution in [0.5, 0.6) is 0 Å².